The first kappa shape index (κ1) is 15.7. The van der Waals surface area contributed by atoms with Gasteiger partial charge in [-0.15, -0.1) is 0 Å². The minimum atomic E-state index is -4.46. The summed E-state index contributed by atoms with van der Waals surface area (Å²) in [5, 5.41) is 0. The lowest BCUT2D eigenvalue weighted by atomic mass is 10.0. The molecule has 2 aromatic carbocycles. The van der Waals surface area contributed by atoms with Gasteiger partial charge in [-0.1, -0.05) is 44.2 Å². The summed E-state index contributed by atoms with van der Waals surface area (Å²) in [6.45, 7) is 3.95. The van der Waals surface area contributed by atoms with E-state index in [1.165, 1.54) is 36.4 Å². The molecule has 0 N–H and O–H groups in total. The maximum Gasteiger partial charge on any atom is 0.286 e. The lowest BCUT2D eigenvalue weighted by molar-refractivity contribution is 0.582. The molecule has 0 spiro atoms. The third-order valence-electron chi connectivity index (χ3n) is 3.16. The third kappa shape index (κ3) is 2.87. The number of hydrogen-bond acceptors (Lipinski definition) is 4. The average Bonchev–Trinajstić information content (AvgIpc) is 2.48. The van der Waals surface area contributed by atoms with Crippen molar-refractivity contribution in [2.45, 2.75) is 29.6 Å². The van der Waals surface area contributed by atoms with Gasteiger partial charge in [-0.25, -0.2) is 16.8 Å². The number of hydrogen-bond donors (Lipinski definition) is 0. The predicted molar refractivity (Wildman–Crippen MR) is 81.3 cm³/mol. The van der Waals surface area contributed by atoms with Crippen LogP contribution in [0, 0.1) is 0 Å². The first-order valence-electron chi connectivity index (χ1n) is 6.42. The van der Waals surface area contributed by atoms with Crippen LogP contribution in [0.5, 0.6) is 0 Å². The highest BCUT2D eigenvalue weighted by Crippen LogP contribution is 2.25. The molecule has 0 amide bonds. The summed E-state index contributed by atoms with van der Waals surface area (Å²) in [7, 11) is -8.91. The molecule has 0 aliphatic rings. The Hall–Kier alpha value is -1.66. The fraction of sp³-hybridized carbons (Fsp3) is 0.200. The van der Waals surface area contributed by atoms with Crippen LogP contribution >= 0.6 is 0 Å². The van der Waals surface area contributed by atoms with Crippen molar-refractivity contribution < 1.29 is 16.8 Å². The van der Waals surface area contributed by atoms with Gasteiger partial charge < -0.3 is 0 Å². The summed E-state index contributed by atoms with van der Waals surface area (Å²) in [6, 6.07) is 13.1. The highest BCUT2D eigenvalue weighted by Gasteiger charge is 2.33. The molecule has 0 aliphatic carbocycles. The van der Waals surface area contributed by atoms with E-state index in [4.69, 9.17) is 0 Å². The van der Waals surface area contributed by atoms with E-state index in [2.05, 4.69) is 0 Å². The maximum absolute atomic E-state index is 12.3. The van der Waals surface area contributed by atoms with Crippen LogP contribution in [0.2, 0.25) is 0 Å². The second-order valence-corrected chi connectivity index (χ2v) is 10.3. The second-order valence-electron chi connectivity index (χ2n) is 4.95. The van der Waals surface area contributed by atoms with Crippen LogP contribution in [0.15, 0.2) is 64.4 Å². The monoisotopic (exact) mass is 324 g/mol. The van der Waals surface area contributed by atoms with E-state index in [0.717, 1.165) is 5.56 Å². The van der Waals surface area contributed by atoms with E-state index in [-0.39, 0.29) is 15.7 Å². The summed E-state index contributed by atoms with van der Waals surface area (Å²) in [5.74, 6) is 0.243. The van der Waals surface area contributed by atoms with Crippen molar-refractivity contribution in [1.82, 2.24) is 0 Å². The van der Waals surface area contributed by atoms with Gasteiger partial charge >= 0.3 is 0 Å². The zero-order valence-electron chi connectivity index (χ0n) is 11.7. The van der Waals surface area contributed by atoms with Gasteiger partial charge in [0.25, 0.3) is 17.7 Å². The first-order valence-corrected chi connectivity index (χ1v) is 9.90. The smallest absolute Gasteiger partial charge is 0.207 e. The van der Waals surface area contributed by atoms with Gasteiger partial charge in [-0.05, 0) is 35.7 Å². The first-order chi connectivity index (χ1) is 9.76. The second kappa shape index (κ2) is 5.61. The van der Waals surface area contributed by atoms with Crippen LogP contribution in [0.1, 0.15) is 25.3 Å². The Kier molecular flexibility index (Phi) is 4.20. The molecule has 0 saturated heterocycles. The Balaban J connectivity index is 2.52. The molecular formula is C15H16O4S2. The van der Waals surface area contributed by atoms with E-state index in [1.54, 1.807) is 18.2 Å². The topological polar surface area (TPSA) is 68.3 Å². The van der Waals surface area contributed by atoms with Gasteiger partial charge in [0.15, 0.2) is 0 Å². The molecule has 0 aromatic heterocycles. The quantitative estimate of drug-likeness (QED) is 0.811. The summed E-state index contributed by atoms with van der Waals surface area (Å²) in [5.41, 5.74) is 0.950. The normalized spacial score (nSPS) is 12.5. The van der Waals surface area contributed by atoms with Crippen molar-refractivity contribution in [1.29, 1.82) is 0 Å². The van der Waals surface area contributed by atoms with Crippen molar-refractivity contribution in [3.63, 3.8) is 0 Å². The molecule has 2 aromatic rings. The van der Waals surface area contributed by atoms with E-state index >= 15 is 0 Å². The molecule has 0 saturated carbocycles. The van der Waals surface area contributed by atoms with Crippen LogP contribution in [-0.2, 0) is 17.7 Å². The highest BCUT2D eigenvalue weighted by molar-refractivity contribution is 8.67. The number of rotatable bonds is 4. The Morgan fingerprint density at radius 1 is 0.667 bits per heavy atom. The van der Waals surface area contributed by atoms with Crippen molar-refractivity contribution in [3.05, 3.63) is 60.2 Å². The Bertz CT molecular complexity index is 819. The average molecular weight is 324 g/mol. The Labute approximate surface area is 124 Å². The molecule has 0 radical (unpaired) electrons. The van der Waals surface area contributed by atoms with Crippen LogP contribution in [0.4, 0.5) is 0 Å². The van der Waals surface area contributed by atoms with Crippen molar-refractivity contribution >= 4 is 17.7 Å². The highest BCUT2D eigenvalue weighted by atomic mass is 33.2. The van der Waals surface area contributed by atoms with Crippen molar-refractivity contribution in [3.8, 4) is 0 Å². The lowest BCUT2D eigenvalue weighted by Crippen LogP contribution is -2.16. The third-order valence-corrected chi connectivity index (χ3v) is 8.32. The summed E-state index contributed by atoms with van der Waals surface area (Å²) < 4.78 is 49.3. The van der Waals surface area contributed by atoms with Crippen LogP contribution in [0.25, 0.3) is 0 Å². The van der Waals surface area contributed by atoms with Crippen LogP contribution in [0.3, 0.4) is 0 Å². The molecule has 0 atom stereocenters. The van der Waals surface area contributed by atoms with Gasteiger partial charge in [0.05, 0.1) is 9.79 Å². The van der Waals surface area contributed by atoms with Crippen LogP contribution < -0.4 is 0 Å². The molecule has 2 rings (SSSR count). The molecule has 0 bridgehead atoms. The summed E-state index contributed by atoms with van der Waals surface area (Å²) in [6.07, 6.45) is 0. The SMILES string of the molecule is CC(C)c1ccc(S(=O)(=O)S(=O)(=O)c2ccccc2)cc1. The number of benzene rings is 2. The zero-order chi connectivity index (χ0) is 15.7. The van der Waals surface area contributed by atoms with Gasteiger partial charge in [0, 0.05) is 0 Å². The van der Waals surface area contributed by atoms with Gasteiger partial charge in [-0.2, -0.15) is 0 Å². The summed E-state index contributed by atoms with van der Waals surface area (Å²) >= 11 is 0. The molecule has 112 valence electrons. The molecule has 6 heteroatoms. The largest absolute Gasteiger partial charge is 0.286 e. The molecule has 0 unspecified atom stereocenters. The minimum absolute atomic E-state index is 0.212. The lowest BCUT2D eigenvalue weighted by Gasteiger charge is -2.08. The standard InChI is InChI=1S/C15H16O4S2/c1-12(2)13-8-10-15(11-9-13)21(18,19)20(16,17)14-6-4-3-5-7-14/h3-12H,1-2H3. The molecule has 0 fully saturated rings. The van der Waals surface area contributed by atoms with Gasteiger partial charge in [0.2, 0.25) is 0 Å². The van der Waals surface area contributed by atoms with Gasteiger partial charge in [0.1, 0.15) is 0 Å². The minimum Gasteiger partial charge on any atom is -0.207 e. The molecule has 21 heavy (non-hydrogen) atoms. The Morgan fingerprint density at radius 3 is 1.52 bits per heavy atom. The Morgan fingerprint density at radius 2 is 1.10 bits per heavy atom. The van der Waals surface area contributed by atoms with Gasteiger partial charge in [-0.3, -0.25) is 0 Å². The molecular weight excluding hydrogens is 308 g/mol. The van der Waals surface area contributed by atoms with E-state index < -0.39 is 17.7 Å². The molecule has 4 nitrogen and oxygen atoms in total. The van der Waals surface area contributed by atoms with E-state index in [0.29, 0.717) is 0 Å². The van der Waals surface area contributed by atoms with Crippen molar-refractivity contribution in [2.24, 2.45) is 0 Å². The fourth-order valence-electron chi connectivity index (χ4n) is 1.86. The zero-order valence-corrected chi connectivity index (χ0v) is 13.4. The van der Waals surface area contributed by atoms with Crippen molar-refractivity contribution in [2.75, 3.05) is 0 Å². The van der Waals surface area contributed by atoms with E-state index in [9.17, 15) is 16.8 Å². The molecule has 0 aliphatic heterocycles. The molecule has 0 heterocycles. The van der Waals surface area contributed by atoms with E-state index in [1.807, 2.05) is 13.8 Å². The summed E-state index contributed by atoms with van der Waals surface area (Å²) in [4.78, 5) is -0.436. The maximum atomic E-state index is 12.3. The predicted octanol–water partition coefficient (Wildman–Crippen LogP) is 2.97. The fourth-order valence-corrected chi connectivity index (χ4v) is 5.51. The van der Waals surface area contributed by atoms with Crippen LogP contribution in [-0.4, -0.2) is 16.8 Å².